The molecular formula is C24H22Cl2N4O. The summed E-state index contributed by atoms with van der Waals surface area (Å²) in [6, 6.07) is 14.4. The van der Waals surface area contributed by atoms with Crippen LogP contribution in [-0.2, 0) is 19.5 Å². The van der Waals surface area contributed by atoms with E-state index >= 15 is 0 Å². The van der Waals surface area contributed by atoms with Gasteiger partial charge in [-0.1, -0.05) is 53.5 Å². The van der Waals surface area contributed by atoms with Crippen LogP contribution in [0, 0.1) is 0 Å². The Labute approximate surface area is 191 Å². The number of ether oxygens (including phenoxy) is 1. The van der Waals surface area contributed by atoms with Gasteiger partial charge in [0.15, 0.2) is 0 Å². The van der Waals surface area contributed by atoms with Gasteiger partial charge in [0.1, 0.15) is 5.75 Å². The summed E-state index contributed by atoms with van der Waals surface area (Å²) < 4.78 is 5.68. The van der Waals surface area contributed by atoms with Gasteiger partial charge in [-0.05, 0) is 30.3 Å². The molecule has 31 heavy (non-hydrogen) atoms. The molecule has 2 heterocycles. The average Bonchev–Trinajstić information content (AvgIpc) is 2.77. The van der Waals surface area contributed by atoms with Crippen LogP contribution in [0.25, 0.3) is 10.8 Å². The molecule has 0 atom stereocenters. The quantitative estimate of drug-likeness (QED) is 0.367. The van der Waals surface area contributed by atoms with Crippen LogP contribution >= 0.6 is 23.2 Å². The molecule has 7 heteroatoms. The van der Waals surface area contributed by atoms with Crippen LogP contribution in [0.4, 0.5) is 0 Å². The Morgan fingerprint density at radius 3 is 2.32 bits per heavy atom. The first-order valence-electron chi connectivity index (χ1n) is 9.87. The fraction of sp³-hybridized carbons (Fsp3) is 0.208. The van der Waals surface area contributed by atoms with Gasteiger partial charge in [-0.2, -0.15) is 10.2 Å². The molecule has 0 aliphatic carbocycles. The van der Waals surface area contributed by atoms with Crippen molar-refractivity contribution < 1.29 is 4.74 Å². The highest BCUT2D eigenvalue weighted by molar-refractivity contribution is 6.35. The molecule has 0 amide bonds. The minimum Gasteiger partial charge on any atom is -0.496 e. The van der Waals surface area contributed by atoms with Crippen molar-refractivity contribution in [2.24, 2.45) is 0 Å². The van der Waals surface area contributed by atoms with Crippen LogP contribution < -0.4 is 4.74 Å². The van der Waals surface area contributed by atoms with E-state index in [0.29, 0.717) is 23.0 Å². The number of aromatic nitrogens is 3. The van der Waals surface area contributed by atoms with Crippen LogP contribution in [0.5, 0.6) is 5.75 Å². The monoisotopic (exact) mass is 452 g/mol. The van der Waals surface area contributed by atoms with Crippen LogP contribution in [-0.4, -0.2) is 34.2 Å². The Morgan fingerprint density at radius 1 is 0.871 bits per heavy atom. The van der Waals surface area contributed by atoms with Crippen LogP contribution in [0.1, 0.15) is 22.4 Å². The molecular weight excluding hydrogens is 431 g/mol. The summed E-state index contributed by atoms with van der Waals surface area (Å²) in [5.41, 5.74) is 3.92. The average molecular weight is 453 g/mol. The molecule has 0 N–H and O–H groups in total. The van der Waals surface area contributed by atoms with Crippen molar-refractivity contribution in [2.75, 3.05) is 14.2 Å². The zero-order chi connectivity index (χ0) is 21.8. The van der Waals surface area contributed by atoms with Gasteiger partial charge in [0.25, 0.3) is 0 Å². The summed E-state index contributed by atoms with van der Waals surface area (Å²) in [4.78, 5) is 6.28. The summed E-state index contributed by atoms with van der Waals surface area (Å²) in [7, 11) is 3.78. The van der Waals surface area contributed by atoms with Crippen molar-refractivity contribution in [3.8, 4) is 5.75 Å². The SMILES string of the molecule is COc1ccc2c(Cc3c(Cl)cncc3Cl)nncc2c1CN(C)Cc1ccccc1. The smallest absolute Gasteiger partial charge is 0.124 e. The highest BCUT2D eigenvalue weighted by Crippen LogP contribution is 2.32. The van der Waals surface area contributed by atoms with E-state index in [1.165, 1.54) is 5.56 Å². The normalized spacial score (nSPS) is 11.3. The Balaban J connectivity index is 1.71. The van der Waals surface area contributed by atoms with Gasteiger partial charge in [0.2, 0.25) is 0 Å². The first-order chi connectivity index (χ1) is 15.1. The van der Waals surface area contributed by atoms with Crippen molar-refractivity contribution in [3.05, 3.63) is 93.5 Å². The van der Waals surface area contributed by atoms with E-state index in [4.69, 9.17) is 27.9 Å². The van der Waals surface area contributed by atoms with Gasteiger partial charge in [-0.3, -0.25) is 9.88 Å². The summed E-state index contributed by atoms with van der Waals surface area (Å²) in [6.45, 7) is 1.53. The summed E-state index contributed by atoms with van der Waals surface area (Å²) in [6.07, 6.45) is 5.45. The van der Waals surface area contributed by atoms with Crippen molar-refractivity contribution in [2.45, 2.75) is 19.5 Å². The van der Waals surface area contributed by atoms with Crippen molar-refractivity contribution in [3.63, 3.8) is 0 Å². The largest absolute Gasteiger partial charge is 0.496 e. The molecule has 0 aliphatic heterocycles. The fourth-order valence-corrected chi connectivity index (χ4v) is 4.23. The maximum absolute atomic E-state index is 6.33. The molecule has 4 aromatic rings. The van der Waals surface area contributed by atoms with Gasteiger partial charge in [0, 0.05) is 48.2 Å². The second-order valence-electron chi connectivity index (χ2n) is 7.42. The third kappa shape index (κ3) is 4.79. The number of methoxy groups -OCH3 is 1. The minimum atomic E-state index is 0.468. The number of pyridine rings is 1. The van der Waals surface area contributed by atoms with Crippen molar-refractivity contribution in [1.29, 1.82) is 0 Å². The first-order valence-corrected chi connectivity index (χ1v) is 10.6. The number of fused-ring (bicyclic) bond motifs is 1. The van der Waals surface area contributed by atoms with Gasteiger partial charge in [0.05, 0.1) is 29.0 Å². The lowest BCUT2D eigenvalue weighted by molar-refractivity contribution is 0.311. The summed E-state index contributed by atoms with van der Waals surface area (Å²) in [5.74, 6) is 0.825. The lowest BCUT2D eigenvalue weighted by atomic mass is 10.0. The highest BCUT2D eigenvalue weighted by atomic mass is 35.5. The predicted molar refractivity (Wildman–Crippen MR) is 125 cm³/mol. The van der Waals surface area contributed by atoms with Crippen molar-refractivity contribution >= 4 is 34.0 Å². The van der Waals surface area contributed by atoms with Crippen LogP contribution in [0.15, 0.2) is 61.1 Å². The molecule has 5 nitrogen and oxygen atoms in total. The Hall–Kier alpha value is -2.73. The van der Waals surface area contributed by atoms with Crippen LogP contribution in [0.2, 0.25) is 10.0 Å². The molecule has 0 saturated carbocycles. The minimum absolute atomic E-state index is 0.468. The highest BCUT2D eigenvalue weighted by Gasteiger charge is 2.16. The molecule has 0 saturated heterocycles. The van der Waals surface area contributed by atoms with E-state index in [9.17, 15) is 0 Å². The Kier molecular flexibility index (Phi) is 6.66. The molecule has 0 aliphatic rings. The molecule has 0 unspecified atom stereocenters. The number of nitrogens with zero attached hydrogens (tertiary/aromatic N) is 4. The Morgan fingerprint density at radius 2 is 1.61 bits per heavy atom. The molecule has 2 aromatic heterocycles. The number of halogens is 2. The van der Waals surface area contributed by atoms with Crippen LogP contribution in [0.3, 0.4) is 0 Å². The van der Waals surface area contributed by atoms with E-state index < -0.39 is 0 Å². The summed E-state index contributed by atoms with van der Waals surface area (Å²) >= 11 is 12.7. The Bertz CT molecular complexity index is 1180. The fourth-order valence-electron chi connectivity index (χ4n) is 3.73. The molecule has 4 rings (SSSR count). The molecule has 0 radical (unpaired) electrons. The molecule has 0 fully saturated rings. The maximum Gasteiger partial charge on any atom is 0.124 e. The molecule has 0 bridgehead atoms. The van der Waals surface area contributed by atoms with E-state index in [1.54, 1.807) is 25.7 Å². The lowest BCUT2D eigenvalue weighted by Gasteiger charge is -2.20. The molecule has 0 spiro atoms. The van der Waals surface area contributed by atoms with Gasteiger partial charge in [-0.25, -0.2) is 0 Å². The van der Waals surface area contributed by atoms with E-state index in [0.717, 1.165) is 39.9 Å². The second-order valence-corrected chi connectivity index (χ2v) is 8.23. The topological polar surface area (TPSA) is 51.1 Å². The van der Waals surface area contributed by atoms with E-state index in [2.05, 4.69) is 51.4 Å². The van der Waals surface area contributed by atoms with Crippen molar-refractivity contribution in [1.82, 2.24) is 20.1 Å². The third-order valence-corrected chi connectivity index (χ3v) is 5.88. The number of benzene rings is 2. The zero-order valence-electron chi connectivity index (χ0n) is 17.3. The molecule has 2 aromatic carbocycles. The van der Waals surface area contributed by atoms with Gasteiger partial charge in [-0.15, -0.1) is 0 Å². The predicted octanol–water partition coefficient (Wildman–Crippen LogP) is 5.56. The number of rotatable bonds is 7. The van der Waals surface area contributed by atoms with E-state index in [1.807, 2.05) is 18.2 Å². The zero-order valence-corrected chi connectivity index (χ0v) is 18.9. The molecule has 158 valence electrons. The second kappa shape index (κ2) is 9.60. The standard InChI is InChI=1S/C24H22Cl2N4O/c1-30(14-16-6-4-3-5-7-16)15-20-19-11-28-29-23(17(19)8-9-24(20)31-2)10-18-21(25)12-27-13-22(18)26/h3-9,11-13H,10,14-15H2,1-2H3. The van der Waals surface area contributed by atoms with Gasteiger partial charge < -0.3 is 4.74 Å². The van der Waals surface area contributed by atoms with Gasteiger partial charge >= 0.3 is 0 Å². The first kappa shape index (κ1) is 21.5. The lowest BCUT2D eigenvalue weighted by Crippen LogP contribution is -2.18. The maximum atomic E-state index is 6.33. The number of hydrogen-bond acceptors (Lipinski definition) is 5. The summed E-state index contributed by atoms with van der Waals surface area (Å²) in [5, 5.41) is 11.7. The third-order valence-electron chi connectivity index (χ3n) is 5.23. The number of hydrogen-bond donors (Lipinski definition) is 0. The van der Waals surface area contributed by atoms with E-state index in [-0.39, 0.29) is 0 Å².